The van der Waals surface area contributed by atoms with Crippen LogP contribution in [0.25, 0.3) is 0 Å². The number of carboxylic acids is 1. The molecular formula is C20H21NO4. The van der Waals surface area contributed by atoms with E-state index < -0.39 is 11.9 Å². The molecule has 0 aromatic heterocycles. The summed E-state index contributed by atoms with van der Waals surface area (Å²) < 4.78 is 5.77. The number of hydrogen-bond donors (Lipinski definition) is 2. The molecule has 5 heteroatoms. The minimum Gasteiger partial charge on any atom is -0.481 e. The van der Waals surface area contributed by atoms with Gasteiger partial charge in [-0.2, -0.15) is 0 Å². The minimum atomic E-state index is -0.894. The van der Waals surface area contributed by atoms with Crippen molar-refractivity contribution in [3.63, 3.8) is 0 Å². The van der Waals surface area contributed by atoms with Crippen LogP contribution in [0.15, 0.2) is 54.6 Å². The van der Waals surface area contributed by atoms with E-state index in [0.29, 0.717) is 26.2 Å². The van der Waals surface area contributed by atoms with Crippen molar-refractivity contribution in [1.29, 1.82) is 0 Å². The number of carbonyl (C=O) groups is 2. The van der Waals surface area contributed by atoms with Crippen molar-refractivity contribution in [3.8, 4) is 0 Å². The van der Waals surface area contributed by atoms with Crippen LogP contribution in [-0.2, 0) is 34.1 Å². The number of nitrogens with one attached hydrogen (secondary N) is 1. The summed E-state index contributed by atoms with van der Waals surface area (Å²) in [5, 5.41) is 11.7. The molecule has 3 rings (SSSR count). The summed E-state index contributed by atoms with van der Waals surface area (Å²) in [5.41, 5.74) is 3.11. The molecule has 0 heterocycles. The van der Waals surface area contributed by atoms with Gasteiger partial charge in [-0.3, -0.25) is 9.59 Å². The molecule has 25 heavy (non-hydrogen) atoms. The van der Waals surface area contributed by atoms with Crippen LogP contribution in [0.2, 0.25) is 0 Å². The zero-order valence-electron chi connectivity index (χ0n) is 13.9. The van der Waals surface area contributed by atoms with Crippen molar-refractivity contribution < 1.29 is 19.4 Å². The molecule has 0 aliphatic heterocycles. The van der Waals surface area contributed by atoms with Gasteiger partial charge in [-0.15, -0.1) is 0 Å². The monoisotopic (exact) mass is 339 g/mol. The molecule has 2 N–H and O–H groups in total. The Balaban J connectivity index is 1.50. The fourth-order valence-electron chi connectivity index (χ4n) is 2.79. The summed E-state index contributed by atoms with van der Waals surface area (Å²) >= 11 is 0. The highest BCUT2D eigenvalue weighted by atomic mass is 16.5. The summed E-state index contributed by atoms with van der Waals surface area (Å²) in [5.74, 6) is -1.99. The molecule has 1 aliphatic carbocycles. The quantitative estimate of drug-likeness (QED) is 0.775. The highest BCUT2D eigenvalue weighted by Crippen LogP contribution is 2.38. The lowest BCUT2D eigenvalue weighted by atomic mass is 10.1. The molecule has 2 aromatic rings. The maximum absolute atomic E-state index is 12.0. The molecule has 0 saturated heterocycles. The highest BCUT2D eigenvalue weighted by Gasteiger charge is 2.48. The second-order valence-electron chi connectivity index (χ2n) is 6.25. The molecule has 2 atom stereocenters. The Kier molecular flexibility index (Phi) is 5.46. The average molecular weight is 339 g/mol. The third-order valence-corrected chi connectivity index (χ3v) is 4.38. The second kappa shape index (κ2) is 7.94. The van der Waals surface area contributed by atoms with E-state index in [2.05, 4.69) is 5.32 Å². The van der Waals surface area contributed by atoms with Crippen molar-refractivity contribution >= 4 is 11.9 Å². The van der Waals surface area contributed by atoms with Gasteiger partial charge < -0.3 is 15.2 Å². The Morgan fingerprint density at radius 2 is 1.64 bits per heavy atom. The highest BCUT2D eigenvalue weighted by molar-refractivity contribution is 5.89. The molecule has 0 radical (unpaired) electrons. The summed E-state index contributed by atoms with van der Waals surface area (Å²) in [4.78, 5) is 22.8. The predicted octanol–water partition coefficient (Wildman–Crippen LogP) is 2.74. The van der Waals surface area contributed by atoms with Gasteiger partial charge >= 0.3 is 5.97 Å². The Morgan fingerprint density at radius 1 is 0.960 bits per heavy atom. The SMILES string of the molecule is O=C(O)C1CC1C(=O)NCc1ccccc1COCc1ccccc1. The van der Waals surface area contributed by atoms with E-state index in [4.69, 9.17) is 9.84 Å². The molecule has 1 amide bonds. The van der Waals surface area contributed by atoms with Gasteiger partial charge in [0, 0.05) is 6.54 Å². The average Bonchev–Trinajstić information content (AvgIpc) is 3.43. The maximum atomic E-state index is 12.0. The fourth-order valence-corrected chi connectivity index (χ4v) is 2.79. The van der Waals surface area contributed by atoms with Crippen molar-refractivity contribution in [2.45, 2.75) is 26.2 Å². The number of carbonyl (C=O) groups excluding carboxylic acids is 1. The van der Waals surface area contributed by atoms with Crippen LogP contribution in [0.1, 0.15) is 23.1 Å². The number of rotatable bonds is 8. The second-order valence-corrected chi connectivity index (χ2v) is 6.25. The lowest BCUT2D eigenvalue weighted by Gasteiger charge is -2.11. The lowest BCUT2D eigenvalue weighted by Crippen LogP contribution is -2.26. The number of hydrogen-bond acceptors (Lipinski definition) is 3. The van der Waals surface area contributed by atoms with E-state index in [1.54, 1.807) is 0 Å². The maximum Gasteiger partial charge on any atom is 0.307 e. The summed E-state index contributed by atoms with van der Waals surface area (Å²) in [6.45, 7) is 1.37. The lowest BCUT2D eigenvalue weighted by molar-refractivity contribution is -0.140. The molecule has 2 unspecified atom stereocenters. The molecule has 5 nitrogen and oxygen atoms in total. The number of amides is 1. The third kappa shape index (κ3) is 4.67. The van der Waals surface area contributed by atoms with Crippen LogP contribution in [0.5, 0.6) is 0 Å². The summed E-state index contributed by atoms with van der Waals surface area (Å²) in [7, 11) is 0. The van der Waals surface area contributed by atoms with Crippen LogP contribution >= 0.6 is 0 Å². The van der Waals surface area contributed by atoms with E-state index in [1.807, 2.05) is 54.6 Å². The molecule has 0 spiro atoms. The van der Waals surface area contributed by atoms with Crippen molar-refractivity contribution in [3.05, 3.63) is 71.3 Å². The van der Waals surface area contributed by atoms with Gasteiger partial charge in [-0.1, -0.05) is 54.6 Å². The van der Waals surface area contributed by atoms with Crippen LogP contribution < -0.4 is 5.32 Å². The first-order valence-electron chi connectivity index (χ1n) is 8.34. The first-order valence-corrected chi connectivity index (χ1v) is 8.34. The topological polar surface area (TPSA) is 75.6 Å². The standard InChI is InChI=1S/C20H21NO4/c22-19(17-10-18(17)20(23)24)21-11-15-8-4-5-9-16(15)13-25-12-14-6-2-1-3-7-14/h1-9,17-18H,10-13H2,(H,21,22)(H,23,24). The smallest absolute Gasteiger partial charge is 0.307 e. The normalized spacial score (nSPS) is 18.6. The van der Waals surface area contributed by atoms with Gasteiger partial charge in [0.2, 0.25) is 5.91 Å². The zero-order chi connectivity index (χ0) is 17.6. The molecular weight excluding hydrogens is 318 g/mol. The Morgan fingerprint density at radius 3 is 2.32 bits per heavy atom. The fraction of sp³-hybridized carbons (Fsp3) is 0.300. The Bertz CT molecular complexity index is 744. The van der Waals surface area contributed by atoms with E-state index in [9.17, 15) is 9.59 Å². The Hall–Kier alpha value is -2.66. The Labute approximate surface area is 146 Å². The van der Waals surface area contributed by atoms with Gasteiger partial charge in [0.1, 0.15) is 0 Å². The minimum absolute atomic E-state index is 0.188. The number of ether oxygens (including phenoxy) is 1. The first kappa shape index (κ1) is 17.2. The molecule has 1 saturated carbocycles. The van der Waals surface area contributed by atoms with Crippen LogP contribution in [0.4, 0.5) is 0 Å². The van der Waals surface area contributed by atoms with Crippen LogP contribution in [0, 0.1) is 11.8 Å². The number of carboxylic acid groups (broad SMARTS) is 1. The third-order valence-electron chi connectivity index (χ3n) is 4.38. The van der Waals surface area contributed by atoms with Gasteiger partial charge in [0.05, 0.1) is 25.0 Å². The zero-order valence-corrected chi connectivity index (χ0v) is 13.9. The van der Waals surface area contributed by atoms with E-state index >= 15 is 0 Å². The van der Waals surface area contributed by atoms with Gasteiger partial charge in [-0.05, 0) is 23.1 Å². The first-order chi connectivity index (χ1) is 12.1. The van der Waals surface area contributed by atoms with Crippen LogP contribution in [-0.4, -0.2) is 17.0 Å². The molecule has 1 fully saturated rings. The van der Waals surface area contributed by atoms with Crippen molar-refractivity contribution in [2.24, 2.45) is 11.8 Å². The van der Waals surface area contributed by atoms with E-state index in [-0.39, 0.29) is 11.8 Å². The molecule has 0 bridgehead atoms. The molecule has 1 aliphatic rings. The van der Waals surface area contributed by atoms with Crippen molar-refractivity contribution in [2.75, 3.05) is 0 Å². The molecule has 130 valence electrons. The van der Waals surface area contributed by atoms with Crippen molar-refractivity contribution in [1.82, 2.24) is 5.32 Å². The summed E-state index contributed by atoms with van der Waals surface area (Å²) in [6.07, 6.45) is 0.434. The summed E-state index contributed by atoms with van der Waals surface area (Å²) in [6, 6.07) is 17.7. The molecule has 2 aromatic carbocycles. The number of benzene rings is 2. The van der Waals surface area contributed by atoms with Gasteiger partial charge in [-0.25, -0.2) is 0 Å². The predicted molar refractivity (Wildman–Crippen MR) is 92.5 cm³/mol. The number of aliphatic carboxylic acids is 1. The largest absolute Gasteiger partial charge is 0.481 e. The van der Waals surface area contributed by atoms with Gasteiger partial charge in [0.15, 0.2) is 0 Å². The van der Waals surface area contributed by atoms with Crippen LogP contribution in [0.3, 0.4) is 0 Å². The van der Waals surface area contributed by atoms with Gasteiger partial charge in [0.25, 0.3) is 0 Å². The van der Waals surface area contributed by atoms with E-state index in [1.165, 1.54) is 0 Å². The van der Waals surface area contributed by atoms with E-state index in [0.717, 1.165) is 16.7 Å².